The summed E-state index contributed by atoms with van der Waals surface area (Å²) in [6, 6.07) is 10.7. The number of fused-ring (bicyclic) bond motifs is 1. The lowest BCUT2D eigenvalue weighted by molar-refractivity contribution is 0.177. The van der Waals surface area contributed by atoms with Crippen molar-refractivity contribution in [2.24, 2.45) is 7.05 Å². The summed E-state index contributed by atoms with van der Waals surface area (Å²) < 4.78 is 7.95. The number of likely N-dealkylation sites (N-methyl/N-ethyl adjacent to an activating group) is 1. The molecule has 0 spiro atoms. The Bertz CT molecular complexity index is 554. The van der Waals surface area contributed by atoms with Crippen molar-refractivity contribution in [3.05, 3.63) is 47.8 Å². The lowest BCUT2D eigenvalue weighted by atomic mass is 10.0. The predicted molar refractivity (Wildman–Crippen MR) is 78.9 cm³/mol. The third-order valence-corrected chi connectivity index (χ3v) is 3.79. The minimum absolute atomic E-state index is 0.189. The summed E-state index contributed by atoms with van der Waals surface area (Å²) in [5.41, 5.74) is 2.42. The van der Waals surface area contributed by atoms with E-state index in [-0.39, 0.29) is 6.10 Å². The number of aromatic nitrogens is 2. The number of hydrogen-bond donors (Lipinski definition) is 1. The van der Waals surface area contributed by atoms with Gasteiger partial charge in [-0.1, -0.05) is 25.1 Å². The first-order valence-electron chi connectivity index (χ1n) is 7.22. The molecule has 0 saturated carbocycles. The second-order valence-electron chi connectivity index (χ2n) is 5.32. The molecule has 2 unspecified atom stereocenters. The highest BCUT2D eigenvalue weighted by molar-refractivity contribution is 5.37. The monoisotopic (exact) mass is 271 g/mol. The molecule has 2 aromatic rings. The molecule has 0 amide bonds. The number of nitrogens with zero attached hydrogens (tertiary/aromatic N) is 2. The molecular formula is C16H21N3O. The molecular weight excluding hydrogens is 250 g/mol. The van der Waals surface area contributed by atoms with Crippen LogP contribution in [0.25, 0.3) is 0 Å². The van der Waals surface area contributed by atoms with Crippen molar-refractivity contribution < 1.29 is 4.74 Å². The van der Waals surface area contributed by atoms with Gasteiger partial charge in [0.1, 0.15) is 11.9 Å². The molecule has 106 valence electrons. The lowest BCUT2D eigenvalue weighted by Crippen LogP contribution is -2.44. The summed E-state index contributed by atoms with van der Waals surface area (Å²) in [4.78, 5) is 0. The van der Waals surface area contributed by atoms with Crippen LogP contribution in [-0.4, -0.2) is 28.5 Å². The molecule has 1 aromatic heterocycles. The summed E-state index contributed by atoms with van der Waals surface area (Å²) in [6.07, 6.45) is 4.05. The Morgan fingerprint density at radius 1 is 1.40 bits per heavy atom. The van der Waals surface area contributed by atoms with Crippen LogP contribution in [0.2, 0.25) is 0 Å². The maximum Gasteiger partial charge on any atom is 0.123 e. The van der Waals surface area contributed by atoms with E-state index >= 15 is 0 Å². The molecule has 20 heavy (non-hydrogen) atoms. The Morgan fingerprint density at radius 3 is 2.95 bits per heavy atom. The normalized spacial score (nSPS) is 18.6. The minimum Gasteiger partial charge on any atom is -0.488 e. The number of ether oxygens (including phenoxy) is 1. The van der Waals surface area contributed by atoms with Crippen molar-refractivity contribution in [1.29, 1.82) is 0 Å². The van der Waals surface area contributed by atoms with Gasteiger partial charge in [-0.2, -0.15) is 5.10 Å². The molecule has 1 aliphatic rings. The summed E-state index contributed by atoms with van der Waals surface area (Å²) in [6.45, 7) is 3.07. The van der Waals surface area contributed by atoms with Gasteiger partial charge in [-0.15, -0.1) is 0 Å². The molecule has 1 N–H and O–H groups in total. The lowest BCUT2D eigenvalue weighted by Gasteiger charge is -2.23. The van der Waals surface area contributed by atoms with Crippen LogP contribution in [-0.2, 0) is 19.9 Å². The quantitative estimate of drug-likeness (QED) is 0.903. The number of aryl methyl sites for hydroxylation is 1. The van der Waals surface area contributed by atoms with Crippen LogP contribution in [0.4, 0.5) is 0 Å². The van der Waals surface area contributed by atoms with Crippen LogP contribution in [0.3, 0.4) is 0 Å². The Labute approximate surface area is 119 Å². The first-order valence-corrected chi connectivity index (χ1v) is 7.22. The fourth-order valence-corrected chi connectivity index (χ4v) is 2.83. The van der Waals surface area contributed by atoms with E-state index in [2.05, 4.69) is 41.6 Å². The zero-order valence-corrected chi connectivity index (χ0v) is 12.0. The molecule has 1 aromatic carbocycles. The summed E-state index contributed by atoms with van der Waals surface area (Å²) in [7, 11) is 1.95. The van der Waals surface area contributed by atoms with Gasteiger partial charge in [-0.3, -0.25) is 4.68 Å². The van der Waals surface area contributed by atoms with E-state index in [0.717, 1.165) is 30.8 Å². The zero-order chi connectivity index (χ0) is 13.9. The van der Waals surface area contributed by atoms with Crippen LogP contribution in [0.15, 0.2) is 36.5 Å². The Balaban J connectivity index is 1.72. The smallest absolute Gasteiger partial charge is 0.123 e. The number of nitrogens with one attached hydrogen (secondary N) is 1. The van der Waals surface area contributed by atoms with E-state index < -0.39 is 0 Å². The first-order chi connectivity index (χ1) is 9.76. The second-order valence-corrected chi connectivity index (χ2v) is 5.32. The second kappa shape index (κ2) is 5.67. The van der Waals surface area contributed by atoms with Crippen LogP contribution >= 0.6 is 0 Å². The van der Waals surface area contributed by atoms with E-state index in [9.17, 15) is 0 Å². The maximum absolute atomic E-state index is 6.10. The molecule has 3 rings (SSSR count). The Morgan fingerprint density at radius 2 is 2.25 bits per heavy atom. The van der Waals surface area contributed by atoms with Gasteiger partial charge < -0.3 is 10.1 Å². The van der Waals surface area contributed by atoms with Crippen LogP contribution in [0.5, 0.6) is 5.75 Å². The zero-order valence-electron chi connectivity index (χ0n) is 12.0. The molecule has 0 fully saturated rings. The molecule has 4 nitrogen and oxygen atoms in total. The third-order valence-electron chi connectivity index (χ3n) is 3.79. The number of para-hydroxylation sites is 1. The number of hydrogen-bond acceptors (Lipinski definition) is 3. The van der Waals surface area contributed by atoms with Gasteiger partial charge >= 0.3 is 0 Å². The van der Waals surface area contributed by atoms with Crippen LogP contribution in [0.1, 0.15) is 18.2 Å². The maximum atomic E-state index is 6.10. The van der Waals surface area contributed by atoms with E-state index in [0.29, 0.717) is 6.04 Å². The van der Waals surface area contributed by atoms with E-state index in [1.807, 2.05) is 24.0 Å². The highest BCUT2D eigenvalue weighted by Gasteiger charge is 2.30. The molecule has 2 heterocycles. The first kappa shape index (κ1) is 13.2. The number of benzene rings is 1. The fraction of sp³-hybridized carbons (Fsp3) is 0.438. The van der Waals surface area contributed by atoms with E-state index in [4.69, 9.17) is 4.74 Å². The summed E-state index contributed by atoms with van der Waals surface area (Å²) >= 11 is 0. The predicted octanol–water partition coefficient (Wildman–Crippen LogP) is 1.94. The molecule has 0 aliphatic carbocycles. The third kappa shape index (κ3) is 2.70. The van der Waals surface area contributed by atoms with E-state index in [1.165, 1.54) is 5.56 Å². The van der Waals surface area contributed by atoms with Gasteiger partial charge in [0.25, 0.3) is 0 Å². The minimum atomic E-state index is 0.189. The highest BCUT2D eigenvalue weighted by Crippen LogP contribution is 2.30. The average molecular weight is 271 g/mol. The fourth-order valence-electron chi connectivity index (χ4n) is 2.83. The van der Waals surface area contributed by atoms with Crippen LogP contribution < -0.4 is 10.1 Å². The molecule has 0 radical (unpaired) electrons. The molecule has 2 atom stereocenters. The topological polar surface area (TPSA) is 39.1 Å². The van der Waals surface area contributed by atoms with Crippen molar-refractivity contribution in [2.75, 3.05) is 6.54 Å². The average Bonchev–Trinajstić information content (AvgIpc) is 3.04. The summed E-state index contributed by atoms with van der Waals surface area (Å²) in [5.74, 6) is 1.03. The van der Waals surface area contributed by atoms with Gasteiger partial charge in [0.2, 0.25) is 0 Å². The Hall–Kier alpha value is -1.81. The summed E-state index contributed by atoms with van der Waals surface area (Å²) in [5, 5.41) is 8.02. The molecule has 0 saturated heterocycles. The van der Waals surface area contributed by atoms with Crippen molar-refractivity contribution in [1.82, 2.24) is 15.1 Å². The number of rotatable bonds is 5. The molecule has 0 bridgehead atoms. The van der Waals surface area contributed by atoms with Crippen molar-refractivity contribution >= 4 is 0 Å². The molecule has 4 heteroatoms. The van der Waals surface area contributed by atoms with Gasteiger partial charge in [-0.05, 0) is 24.2 Å². The van der Waals surface area contributed by atoms with Gasteiger partial charge in [0.05, 0.1) is 5.69 Å². The van der Waals surface area contributed by atoms with Gasteiger partial charge in [-0.25, -0.2) is 0 Å². The van der Waals surface area contributed by atoms with Gasteiger partial charge in [0, 0.05) is 32.1 Å². The largest absolute Gasteiger partial charge is 0.488 e. The van der Waals surface area contributed by atoms with Crippen molar-refractivity contribution in [3.8, 4) is 5.75 Å². The highest BCUT2D eigenvalue weighted by atomic mass is 16.5. The Kier molecular flexibility index (Phi) is 3.74. The van der Waals surface area contributed by atoms with Gasteiger partial charge in [0.15, 0.2) is 0 Å². The molecule has 1 aliphatic heterocycles. The van der Waals surface area contributed by atoms with E-state index in [1.54, 1.807) is 0 Å². The standard InChI is InChI=1S/C16H21N3O/c1-3-17-14(11-13-8-9-19(2)18-13)16-10-12-6-4-5-7-15(12)20-16/h4-9,14,16-17H,3,10-11H2,1-2H3. The van der Waals surface area contributed by atoms with Crippen molar-refractivity contribution in [2.45, 2.75) is 31.9 Å². The van der Waals surface area contributed by atoms with Crippen LogP contribution in [0, 0.1) is 0 Å². The van der Waals surface area contributed by atoms with Crippen molar-refractivity contribution in [3.63, 3.8) is 0 Å². The SMILES string of the molecule is CCNC(Cc1ccn(C)n1)C1Cc2ccccc2O1.